The van der Waals surface area contributed by atoms with Crippen LogP contribution in [0, 0.1) is 5.92 Å². The summed E-state index contributed by atoms with van der Waals surface area (Å²) in [5, 5.41) is 13.4. The van der Waals surface area contributed by atoms with Crippen LogP contribution in [0.3, 0.4) is 0 Å². The Kier molecular flexibility index (Phi) is 4.73. The largest absolute Gasteiger partial charge is 0.389 e. The highest BCUT2D eigenvalue weighted by Crippen LogP contribution is 2.22. The zero-order valence-corrected chi connectivity index (χ0v) is 10.9. The molecule has 0 aromatic heterocycles. The smallest absolute Gasteiger partial charge is 0.106 e. The van der Waals surface area contributed by atoms with Gasteiger partial charge < -0.3 is 19.9 Å². The van der Waals surface area contributed by atoms with Crippen LogP contribution in [-0.4, -0.2) is 49.7 Å². The van der Waals surface area contributed by atoms with Gasteiger partial charge in [0.25, 0.3) is 0 Å². The lowest BCUT2D eigenvalue weighted by atomic mass is 9.92. The van der Waals surface area contributed by atoms with Crippen molar-refractivity contribution in [2.45, 2.75) is 38.4 Å². The zero-order valence-electron chi connectivity index (χ0n) is 10.9. The highest BCUT2D eigenvalue weighted by molar-refractivity contribution is 4.88. The van der Waals surface area contributed by atoms with Crippen LogP contribution in [0.15, 0.2) is 0 Å². The fourth-order valence-corrected chi connectivity index (χ4v) is 1.71. The molecule has 0 spiro atoms. The van der Waals surface area contributed by atoms with Gasteiger partial charge in [0.05, 0.1) is 12.2 Å². The molecule has 0 aliphatic carbocycles. The Labute approximate surface area is 98.3 Å². The van der Waals surface area contributed by atoms with Gasteiger partial charge in [0, 0.05) is 33.2 Å². The van der Waals surface area contributed by atoms with E-state index in [0.29, 0.717) is 13.2 Å². The maximum atomic E-state index is 10.1. The first kappa shape index (κ1) is 13.9. The number of hydrogen-bond acceptors (Lipinski definition) is 4. The second-order valence-electron chi connectivity index (χ2n) is 5.31. The minimum Gasteiger partial charge on any atom is -0.389 e. The van der Waals surface area contributed by atoms with E-state index in [4.69, 9.17) is 9.47 Å². The Morgan fingerprint density at radius 3 is 2.69 bits per heavy atom. The van der Waals surface area contributed by atoms with E-state index >= 15 is 0 Å². The molecule has 0 bridgehead atoms. The molecule has 2 unspecified atom stereocenters. The van der Waals surface area contributed by atoms with Crippen LogP contribution in [0.25, 0.3) is 0 Å². The number of hydrogen-bond donors (Lipinski definition) is 2. The predicted octanol–water partition coefficient (Wildman–Crippen LogP) is 0.788. The quantitative estimate of drug-likeness (QED) is 0.709. The molecule has 16 heavy (non-hydrogen) atoms. The van der Waals surface area contributed by atoms with Gasteiger partial charge in [0.2, 0.25) is 0 Å². The van der Waals surface area contributed by atoms with E-state index in [2.05, 4.69) is 5.32 Å². The third-order valence-corrected chi connectivity index (χ3v) is 3.67. The molecule has 0 amide bonds. The number of aliphatic hydroxyl groups is 1. The summed E-state index contributed by atoms with van der Waals surface area (Å²) < 4.78 is 10.9. The summed E-state index contributed by atoms with van der Waals surface area (Å²) in [6, 6.07) is 0. The summed E-state index contributed by atoms with van der Waals surface area (Å²) in [7, 11) is 1.72. The molecule has 1 rings (SSSR count). The number of ether oxygens (including phenoxy) is 2. The first-order valence-corrected chi connectivity index (χ1v) is 5.98. The molecule has 0 aromatic rings. The van der Waals surface area contributed by atoms with Crippen molar-refractivity contribution in [2.24, 2.45) is 5.92 Å². The van der Waals surface area contributed by atoms with Crippen molar-refractivity contribution < 1.29 is 14.6 Å². The van der Waals surface area contributed by atoms with Crippen molar-refractivity contribution in [3.05, 3.63) is 0 Å². The van der Waals surface area contributed by atoms with Gasteiger partial charge in [0.15, 0.2) is 0 Å². The highest BCUT2D eigenvalue weighted by atomic mass is 16.5. The lowest BCUT2D eigenvalue weighted by molar-refractivity contribution is -0.0269. The summed E-state index contributed by atoms with van der Waals surface area (Å²) in [6.07, 6.45) is 0.917. The molecule has 1 heterocycles. The number of nitrogens with one attached hydrogen (secondary N) is 1. The standard InChI is InChI=1S/C12H25NO3/c1-10(2)11(3,14)7-13-8-12(15-4)5-6-16-9-12/h10,13-14H,5-9H2,1-4H3. The summed E-state index contributed by atoms with van der Waals surface area (Å²) in [4.78, 5) is 0. The molecule has 1 saturated heterocycles. The van der Waals surface area contributed by atoms with Crippen LogP contribution in [0.4, 0.5) is 0 Å². The zero-order chi connectivity index (χ0) is 12.2. The van der Waals surface area contributed by atoms with Gasteiger partial charge >= 0.3 is 0 Å². The molecule has 96 valence electrons. The molecular weight excluding hydrogens is 206 g/mol. The van der Waals surface area contributed by atoms with E-state index in [1.807, 2.05) is 20.8 Å². The lowest BCUT2D eigenvalue weighted by Crippen LogP contribution is -2.49. The third-order valence-electron chi connectivity index (χ3n) is 3.67. The minimum atomic E-state index is -0.672. The second kappa shape index (κ2) is 5.45. The summed E-state index contributed by atoms with van der Waals surface area (Å²) in [6.45, 7) is 8.60. The fourth-order valence-electron chi connectivity index (χ4n) is 1.71. The summed E-state index contributed by atoms with van der Waals surface area (Å²) in [5.74, 6) is 0.235. The van der Waals surface area contributed by atoms with E-state index < -0.39 is 5.60 Å². The normalized spacial score (nSPS) is 29.6. The van der Waals surface area contributed by atoms with Crippen LogP contribution in [0.5, 0.6) is 0 Å². The van der Waals surface area contributed by atoms with Crippen molar-refractivity contribution >= 4 is 0 Å². The molecule has 2 atom stereocenters. The van der Waals surface area contributed by atoms with Crippen LogP contribution in [-0.2, 0) is 9.47 Å². The fraction of sp³-hybridized carbons (Fsp3) is 1.00. The average molecular weight is 231 g/mol. The SMILES string of the molecule is COC1(CNCC(C)(O)C(C)C)CCOC1. The molecule has 4 heteroatoms. The molecule has 0 radical (unpaired) electrons. The highest BCUT2D eigenvalue weighted by Gasteiger charge is 2.35. The van der Waals surface area contributed by atoms with Crippen molar-refractivity contribution in [1.29, 1.82) is 0 Å². The number of rotatable bonds is 6. The molecular formula is C12H25NO3. The minimum absolute atomic E-state index is 0.201. The topological polar surface area (TPSA) is 50.7 Å². The van der Waals surface area contributed by atoms with E-state index in [1.165, 1.54) is 0 Å². The van der Waals surface area contributed by atoms with Crippen LogP contribution < -0.4 is 5.32 Å². The van der Waals surface area contributed by atoms with E-state index in [1.54, 1.807) is 7.11 Å². The van der Waals surface area contributed by atoms with Gasteiger partial charge in [-0.25, -0.2) is 0 Å². The van der Waals surface area contributed by atoms with Gasteiger partial charge in [-0.3, -0.25) is 0 Å². The first-order chi connectivity index (χ1) is 7.42. The Morgan fingerprint density at radius 2 is 2.25 bits per heavy atom. The van der Waals surface area contributed by atoms with Crippen molar-refractivity contribution in [2.75, 3.05) is 33.4 Å². The van der Waals surface area contributed by atoms with Gasteiger partial charge in [0.1, 0.15) is 5.60 Å². The lowest BCUT2D eigenvalue weighted by Gasteiger charge is -2.31. The molecule has 4 nitrogen and oxygen atoms in total. The molecule has 1 aliphatic rings. The van der Waals surface area contributed by atoms with Gasteiger partial charge in [-0.05, 0) is 12.8 Å². The maximum absolute atomic E-state index is 10.1. The van der Waals surface area contributed by atoms with Crippen LogP contribution in [0.1, 0.15) is 27.2 Å². The Balaban J connectivity index is 2.34. The van der Waals surface area contributed by atoms with Gasteiger partial charge in [-0.1, -0.05) is 13.8 Å². The van der Waals surface area contributed by atoms with Crippen molar-refractivity contribution in [1.82, 2.24) is 5.32 Å². The Bertz CT molecular complexity index is 210. The van der Waals surface area contributed by atoms with Gasteiger partial charge in [-0.2, -0.15) is 0 Å². The predicted molar refractivity (Wildman–Crippen MR) is 63.5 cm³/mol. The van der Waals surface area contributed by atoms with E-state index in [0.717, 1.165) is 19.6 Å². The Hall–Kier alpha value is -0.160. The monoisotopic (exact) mass is 231 g/mol. The number of methoxy groups -OCH3 is 1. The van der Waals surface area contributed by atoms with Crippen LogP contribution in [0.2, 0.25) is 0 Å². The maximum Gasteiger partial charge on any atom is 0.106 e. The first-order valence-electron chi connectivity index (χ1n) is 5.98. The van der Waals surface area contributed by atoms with Crippen molar-refractivity contribution in [3.8, 4) is 0 Å². The average Bonchev–Trinajstić information content (AvgIpc) is 2.67. The van der Waals surface area contributed by atoms with Gasteiger partial charge in [-0.15, -0.1) is 0 Å². The van der Waals surface area contributed by atoms with E-state index in [9.17, 15) is 5.11 Å². The molecule has 0 saturated carbocycles. The molecule has 1 fully saturated rings. The molecule has 2 N–H and O–H groups in total. The third kappa shape index (κ3) is 3.42. The van der Waals surface area contributed by atoms with Crippen molar-refractivity contribution in [3.63, 3.8) is 0 Å². The summed E-state index contributed by atoms with van der Waals surface area (Å²) in [5.41, 5.74) is -0.874. The molecule has 0 aromatic carbocycles. The molecule has 1 aliphatic heterocycles. The Morgan fingerprint density at radius 1 is 1.56 bits per heavy atom. The van der Waals surface area contributed by atoms with E-state index in [-0.39, 0.29) is 11.5 Å². The summed E-state index contributed by atoms with van der Waals surface area (Å²) >= 11 is 0. The van der Waals surface area contributed by atoms with Crippen LogP contribution >= 0.6 is 0 Å². The second-order valence-corrected chi connectivity index (χ2v) is 5.31.